The number of rotatable bonds is 5. The largest absolute Gasteiger partial charge is 0.496 e. The number of aliphatic hydroxyl groups excluding tert-OH is 1. The summed E-state index contributed by atoms with van der Waals surface area (Å²) in [5.41, 5.74) is 2.16. The quantitative estimate of drug-likeness (QED) is 0.903. The van der Waals surface area contributed by atoms with Crippen LogP contribution in [0, 0.1) is 12.8 Å². The molecule has 21 heavy (non-hydrogen) atoms. The Balaban J connectivity index is 1.75. The van der Waals surface area contributed by atoms with Crippen LogP contribution in [0.1, 0.15) is 48.0 Å². The smallest absolute Gasteiger partial charge is 0.133 e. The van der Waals surface area contributed by atoms with Crippen LogP contribution in [0.2, 0.25) is 0 Å². The number of methoxy groups -OCH3 is 1. The zero-order chi connectivity index (χ0) is 15.0. The van der Waals surface area contributed by atoms with E-state index in [9.17, 15) is 5.11 Å². The van der Waals surface area contributed by atoms with Crippen molar-refractivity contribution >= 4 is 0 Å². The molecule has 112 valence electrons. The van der Waals surface area contributed by atoms with Gasteiger partial charge in [-0.25, -0.2) is 0 Å². The van der Waals surface area contributed by atoms with Gasteiger partial charge in [-0.2, -0.15) is 0 Å². The average molecular weight is 286 g/mol. The highest BCUT2D eigenvalue weighted by atomic mass is 16.5. The van der Waals surface area contributed by atoms with Gasteiger partial charge < -0.3 is 14.3 Å². The van der Waals surface area contributed by atoms with E-state index in [0.29, 0.717) is 24.0 Å². The highest BCUT2D eigenvalue weighted by molar-refractivity contribution is 5.37. The maximum absolute atomic E-state index is 10.4. The molecule has 3 rings (SSSR count). The topological polar surface area (TPSA) is 42.6 Å². The van der Waals surface area contributed by atoms with Crippen LogP contribution in [-0.4, -0.2) is 12.2 Å². The summed E-state index contributed by atoms with van der Waals surface area (Å²) in [6.07, 6.45) is 1.05. The van der Waals surface area contributed by atoms with Crippen molar-refractivity contribution in [1.29, 1.82) is 0 Å². The molecule has 1 aliphatic carbocycles. The third-order valence-corrected chi connectivity index (χ3v) is 4.30. The van der Waals surface area contributed by atoms with Crippen molar-refractivity contribution in [3.63, 3.8) is 0 Å². The van der Waals surface area contributed by atoms with Gasteiger partial charge in [-0.3, -0.25) is 0 Å². The van der Waals surface area contributed by atoms with Gasteiger partial charge in [0.2, 0.25) is 0 Å². The van der Waals surface area contributed by atoms with Crippen molar-refractivity contribution in [1.82, 2.24) is 0 Å². The van der Waals surface area contributed by atoms with Crippen LogP contribution in [0.15, 0.2) is 34.7 Å². The van der Waals surface area contributed by atoms with E-state index in [2.05, 4.69) is 13.0 Å². The Morgan fingerprint density at radius 2 is 2.10 bits per heavy atom. The zero-order valence-corrected chi connectivity index (χ0v) is 12.8. The van der Waals surface area contributed by atoms with Crippen molar-refractivity contribution in [2.45, 2.75) is 38.7 Å². The Hall–Kier alpha value is -1.74. The molecule has 0 bridgehead atoms. The summed E-state index contributed by atoms with van der Waals surface area (Å²) >= 11 is 0. The summed E-state index contributed by atoms with van der Waals surface area (Å²) < 4.78 is 11.2. The maximum atomic E-state index is 10.4. The summed E-state index contributed by atoms with van der Waals surface area (Å²) in [5.74, 6) is 3.71. The second-order valence-corrected chi connectivity index (χ2v) is 6.09. The Morgan fingerprint density at radius 1 is 1.33 bits per heavy atom. The van der Waals surface area contributed by atoms with Gasteiger partial charge in [0.1, 0.15) is 23.4 Å². The number of hydrogen-bond donors (Lipinski definition) is 1. The molecule has 1 heterocycles. The SMILES string of the molecule is COc1ccc(C)cc1CC(O)c1ccc(C2CC2C)o1. The molecule has 1 aromatic carbocycles. The number of hydrogen-bond acceptors (Lipinski definition) is 3. The van der Waals surface area contributed by atoms with Crippen LogP contribution in [0.5, 0.6) is 5.75 Å². The Morgan fingerprint density at radius 3 is 2.76 bits per heavy atom. The predicted molar refractivity (Wildman–Crippen MR) is 81.6 cm³/mol. The number of benzene rings is 1. The summed E-state index contributed by atoms with van der Waals surface area (Å²) in [7, 11) is 1.65. The lowest BCUT2D eigenvalue weighted by atomic mass is 10.0. The molecule has 1 fully saturated rings. The predicted octanol–water partition coefficient (Wildman–Crippen LogP) is 4.00. The number of aliphatic hydroxyl groups is 1. The summed E-state index contributed by atoms with van der Waals surface area (Å²) in [6.45, 7) is 4.26. The van der Waals surface area contributed by atoms with E-state index in [-0.39, 0.29) is 0 Å². The molecule has 0 saturated heterocycles. The first-order chi connectivity index (χ1) is 10.1. The molecular weight excluding hydrogens is 264 g/mol. The van der Waals surface area contributed by atoms with E-state index in [4.69, 9.17) is 9.15 Å². The minimum Gasteiger partial charge on any atom is -0.496 e. The average Bonchev–Trinajstić information content (AvgIpc) is 3.00. The van der Waals surface area contributed by atoms with E-state index in [0.717, 1.165) is 22.6 Å². The Kier molecular flexibility index (Phi) is 3.77. The fraction of sp³-hybridized carbons (Fsp3) is 0.444. The minimum atomic E-state index is -0.636. The second kappa shape index (κ2) is 5.57. The van der Waals surface area contributed by atoms with Crippen molar-refractivity contribution < 1.29 is 14.3 Å². The summed E-state index contributed by atoms with van der Waals surface area (Å²) in [6, 6.07) is 9.90. The molecule has 0 radical (unpaired) electrons. The van der Waals surface area contributed by atoms with Crippen LogP contribution in [0.25, 0.3) is 0 Å². The first-order valence-corrected chi connectivity index (χ1v) is 7.49. The van der Waals surface area contributed by atoms with E-state index in [1.54, 1.807) is 7.11 Å². The van der Waals surface area contributed by atoms with Gasteiger partial charge >= 0.3 is 0 Å². The van der Waals surface area contributed by atoms with Crippen molar-refractivity contribution in [2.75, 3.05) is 7.11 Å². The molecule has 3 heteroatoms. The molecule has 0 amide bonds. The molecule has 1 N–H and O–H groups in total. The maximum Gasteiger partial charge on any atom is 0.133 e. The van der Waals surface area contributed by atoms with Gasteiger partial charge in [0.15, 0.2) is 0 Å². The molecule has 2 aromatic rings. The van der Waals surface area contributed by atoms with E-state index in [1.165, 1.54) is 6.42 Å². The number of furan rings is 1. The summed E-state index contributed by atoms with van der Waals surface area (Å²) in [4.78, 5) is 0. The van der Waals surface area contributed by atoms with Crippen molar-refractivity contribution in [3.8, 4) is 5.75 Å². The lowest BCUT2D eigenvalue weighted by Gasteiger charge is -2.12. The normalized spacial score (nSPS) is 22.1. The van der Waals surface area contributed by atoms with Gasteiger partial charge in [-0.15, -0.1) is 0 Å². The molecule has 3 atom stereocenters. The molecule has 3 unspecified atom stereocenters. The molecule has 3 nitrogen and oxygen atoms in total. The number of aryl methyl sites for hydroxylation is 1. The molecule has 1 aliphatic rings. The van der Waals surface area contributed by atoms with Gasteiger partial charge in [-0.05, 0) is 43.0 Å². The highest BCUT2D eigenvalue weighted by Gasteiger charge is 2.36. The van der Waals surface area contributed by atoms with E-state index >= 15 is 0 Å². The molecule has 1 aromatic heterocycles. The molecular formula is C18H22O3. The monoisotopic (exact) mass is 286 g/mol. The highest BCUT2D eigenvalue weighted by Crippen LogP contribution is 2.47. The molecule has 1 saturated carbocycles. The zero-order valence-electron chi connectivity index (χ0n) is 12.8. The van der Waals surface area contributed by atoms with Crippen LogP contribution < -0.4 is 4.74 Å². The first-order valence-electron chi connectivity index (χ1n) is 7.49. The minimum absolute atomic E-state index is 0.498. The van der Waals surface area contributed by atoms with Crippen LogP contribution in [-0.2, 0) is 6.42 Å². The summed E-state index contributed by atoms with van der Waals surface area (Å²) in [5, 5.41) is 10.4. The lowest BCUT2D eigenvalue weighted by molar-refractivity contribution is 0.147. The fourth-order valence-electron chi connectivity index (χ4n) is 2.84. The lowest BCUT2D eigenvalue weighted by Crippen LogP contribution is -2.02. The second-order valence-electron chi connectivity index (χ2n) is 6.09. The third-order valence-electron chi connectivity index (χ3n) is 4.30. The van der Waals surface area contributed by atoms with Crippen LogP contribution in [0.4, 0.5) is 0 Å². The van der Waals surface area contributed by atoms with Gasteiger partial charge in [-0.1, -0.05) is 24.6 Å². The van der Waals surface area contributed by atoms with Crippen molar-refractivity contribution in [3.05, 3.63) is 53.0 Å². The van der Waals surface area contributed by atoms with Gasteiger partial charge in [0.05, 0.1) is 7.11 Å². The van der Waals surface area contributed by atoms with Crippen molar-refractivity contribution in [2.24, 2.45) is 5.92 Å². The third kappa shape index (κ3) is 2.98. The number of ether oxygens (including phenoxy) is 1. The van der Waals surface area contributed by atoms with Gasteiger partial charge in [0, 0.05) is 12.3 Å². The van der Waals surface area contributed by atoms with E-state index < -0.39 is 6.10 Å². The van der Waals surface area contributed by atoms with Gasteiger partial charge in [0.25, 0.3) is 0 Å². The fourth-order valence-corrected chi connectivity index (χ4v) is 2.84. The van der Waals surface area contributed by atoms with Crippen LogP contribution in [0.3, 0.4) is 0 Å². The molecule has 0 aliphatic heterocycles. The molecule has 0 spiro atoms. The van der Waals surface area contributed by atoms with Crippen LogP contribution >= 0.6 is 0 Å². The Bertz CT molecular complexity index is 629. The first kappa shape index (κ1) is 14.2. The standard InChI is InChI=1S/C18H22O3/c1-11-4-5-16(20-3)13(8-11)10-15(19)18-7-6-17(21-18)14-9-12(14)2/h4-8,12,14-15,19H,9-10H2,1-3H3. The Labute approximate surface area is 125 Å². The van der Waals surface area contributed by atoms with E-state index in [1.807, 2.05) is 31.2 Å².